The Labute approximate surface area is 166 Å². The van der Waals surface area contributed by atoms with Crippen molar-refractivity contribution in [3.05, 3.63) is 60.4 Å². The van der Waals surface area contributed by atoms with Crippen molar-refractivity contribution < 1.29 is 26.0 Å². The smallest absolute Gasteiger partial charge is 0.275 e. The van der Waals surface area contributed by atoms with Gasteiger partial charge >= 0.3 is 6.18 Å². The molecule has 0 aliphatic rings. The molecule has 3 aromatic heterocycles. The Bertz CT molecular complexity index is 1360. The molecule has 0 amide bonds. The first kappa shape index (κ1) is 19.8. The van der Waals surface area contributed by atoms with Gasteiger partial charge in [0.25, 0.3) is 10.0 Å². The van der Waals surface area contributed by atoms with Gasteiger partial charge in [-0.1, -0.05) is 0 Å². The Morgan fingerprint density at radius 1 is 1.13 bits per heavy atom. The van der Waals surface area contributed by atoms with Gasteiger partial charge in [0.15, 0.2) is 5.82 Å². The number of sulfonamides is 1. The second kappa shape index (κ2) is 6.79. The van der Waals surface area contributed by atoms with Crippen LogP contribution in [0.2, 0.25) is 0 Å². The Morgan fingerprint density at radius 3 is 2.63 bits per heavy atom. The highest BCUT2D eigenvalue weighted by atomic mass is 32.2. The van der Waals surface area contributed by atoms with E-state index in [1.165, 1.54) is 10.7 Å². The van der Waals surface area contributed by atoms with Crippen molar-refractivity contribution in [2.45, 2.75) is 11.1 Å². The summed E-state index contributed by atoms with van der Waals surface area (Å²) >= 11 is 0. The highest BCUT2D eigenvalue weighted by molar-refractivity contribution is 7.92. The lowest BCUT2D eigenvalue weighted by Gasteiger charge is -2.08. The van der Waals surface area contributed by atoms with Gasteiger partial charge in [0, 0.05) is 24.8 Å². The number of nitrogens with one attached hydrogen (secondary N) is 1. The molecule has 1 aromatic carbocycles. The maximum absolute atomic E-state index is 14.3. The van der Waals surface area contributed by atoms with Crippen LogP contribution in [0.4, 0.5) is 23.2 Å². The zero-order valence-electron chi connectivity index (χ0n) is 15.1. The number of aromatic nitrogens is 5. The summed E-state index contributed by atoms with van der Waals surface area (Å²) in [6.07, 6.45) is -0.185. The summed E-state index contributed by atoms with van der Waals surface area (Å²) in [4.78, 5) is 3.38. The summed E-state index contributed by atoms with van der Waals surface area (Å²) in [6.45, 7) is 0. The first-order valence-corrected chi connectivity index (χ1v) is 9.76. The van der Waals surface area contributed by atoms with E-state index in [1.807, 2.05) is 0 Å². The number of alkyl halides is 3. The molecule has 4 rings (SSSR count). The molecule has 0 saturated carbocycles. The van der Waals surface area contributed by atoms with Gasteiger partial charge in [-0.05, 0) is 24.3 Å². The summed E-state index contributed by atoms with van der Waals surface area (Å²) in [5.74, 6) is -1.07. The second-order valence-electron chi connectivity index (χ2n) is 6.29. The monoisotopic (exact) mass is 440 g/mol. The molecular weight excluding hydrogens is 428 g/mol. The van der Waals surface area contributed by atoms with Crippen molar-refractivity contribution in [2.75, 3.05) is 4.72 Å². The third-order valence-corrected chi connectivity index (χ3v) is 5.46. The van der Waals surface area contributed by atoms with Crippen molar-refractivity contribution in [1.29, 1.82) is 0 Å². The van der Waals surface area contributed by atoms with E-state index in [4.69, 9.17) is 0 Å². The summed E-state index contributed by atoms with van der Waals surface area (Å²) in [6, 6.07) is 4.05. The molecule has 156 valence electrons. The van der Waals surface area contributed by atoms with Gasteiger partial charge in [0.2, 0.25) is 0 Å². The molecule has 0 saturated heterocycles. The number of halogens is 4. The molecule has 0 radical (unpaired) electrons. The Kier molecular flexibility index (Phi) is 4.49. The fourth-order valence-corrected chi connectivity index (χ4v) is 3.77. The largest absolute Gasteiger partial charge is 0.416 e. The minimum absolute atomic E-state index is 0.105. The van der Waals surface area contributed by atoms with Crippen LogP contribution >= 0.6 is 0 Å². The van der Waals surface area contributed by atoms with Crippen molar-refractivity contribution >= 4 is 26.6 Å². The summed E-state index contributed by atoms with van der Waals surface area (Å²) in [7, 11) is -2.72. The van der Waals surface area contributed by atoms with Crippen LogP contribution in [0, 0.1) is 5.82 Å². The first-order valence-electron chi connectivity index (χ1n) is 8.27. The van der Waals surface area contributed by atoms with E-state index < -0.39 is 32.5 Å². The van der Waals surface area contributed by atoms with E-state index in [0.717, 1.165) is 41.5 Å². The second-order valence-corrected chi connectivity index (χ2v) is 7.97. The van der Waals surface area contributed by atoms with Gasteiger partial charge in [-0.2, -0.15) is 23.4 Å². The van der Waals surface area contributed by atoms with E-state index >= 15 is 0 Å². The van der Waals surface area contributed by atoms with Gasteiger partial charge in [-0.25, -0.2) is 22.5 Å². The van der Waals surface area contributed by atoms with Crippen molar-refractivity contribution in [2.24, 2.45) is 7.05 Å². The number of pyridine rings is 1. The molecule has 0 atom stereocenters. The number of hydrogen-bond acceptors (Lipinski definition) is 5. The molecule has 30 heavy (non-hydrogen) atoms. The van der Waals surface area contributed by atoms with Crippen LogP contribution in [0.15, 0.2) is 53.9 Å². The molecule has 0 fully saturated rings. The van der Waals surface area contributed by atoms with Crippen molar-refractivity contribution in [3.63, 3.8) is 0 Å². The predicted octanol–water partition coefficient (Wildman–Crippen LogP) is 3.11. The maximum atomic E-state index is 14.3. The minimum Gasteiger partial charge on any atom is -0.275 e. The number of nitrogens with zero attached hydrogens (tertiary/aromatic N) is 5. The number of anilines is 1. The molecule has 0 bridgehead atoms. The standard InChI is InChI=1S/C17H12F4N6O2S/c1-26-8-10-2-3-13(18)16(15(10)24-26)25-30(28,29)12-7-23-27(9-12)14-6-11(4-5-22-14)17(19,20)21/h2-9,25H,1H3. The summed E-state index contributed by atoms with van der Waals surface area (Å²) in [5, 5.41) is 8.32. The van der Waals surface area contributed by atoms with Gasteiger partial charge in [0.05, 0.1) is 18.0 Å². The van der Waals surface area contributed by atoms with Gasteiger partial charge in [-0.15, -0.1) is 0 Å². The van der Waals surface area contributed by atoms with Gasteiger partial charge < -0.3 is 0 Å². The average molecular weight is 440 g/mol. The summed E-state index contributed by atoms with van der Waals surface area (Å²) in [5.41, 5.74) is -1.21. The number of hydrogen-bond donors (Lipinski definition) is 1. The zero-order valence-corrected chi connectivity index (χ0v) is 15.9. The molecule has 3 heterocycles. The Hall–Kier alpha value is -3.48. The number of benzene rings is 1. The van der Waals surface area contributed by atoms with Crippen LogP contribution in [0.25, 0.3) is 16.7 Å². The van der Waals surface area contributed by atoms with Crippen LogP contribution in [-0.4, -0.2) is 33.0 Å². The Balaban J connectivity index is 1.70. The third kappa shape index (κ3) is 3.58. The lowest BCUT2D eigenvalue weighted by atomic mass is 10.2. The molecule has 0 spiro atoms. The first-order chi connectivity index (χ1) is 14.0. The molecule has 0 aliphatic heterocycles. The molecule has 8 nitrogen and oxygen atoms in total. The fraction of sp³-hybridized carbons (Fsp3) is 0.118. The lowest BCUT2D eigenvalue weighted by Crippen LogP contribution is -2.14. The molecular formula is C17H12F4N6O2S. The molecule has 0 aliphatic carbocycles. The molecule has 1 N–H and O–H groups in total. The predicted molar refractivity (Wildman–Crippen MR) is 97.8 cm³/mol. The highest BCUT2D eigenvalue weighted by Crippen LogP contribution is 2.30. The molecule has 0 unspecified atom stereocenters. The van der Waals surface area contributed by atoms with Crippen LogP contribution in [0.5, 0.6) is 0 Å². The quantitative estimate of drug-likeness (QED) is 0.492. The summed E-state index contributed by atoms with van der Waals surface area (Å²) < 4.78 is 82.8. The third-order valence-electron chi connectivity index (χ3n) is 4.16. The zero-order chi connectivity index (χ0) is 21.7. The fourth-order valence-electron chi connectivity index (χ4n) is 2.76. The van der Waals surface area contributed by atoms with Gasteiger partial charge in [-0.3, -0.25) is 9.40 Å². The number of aryl methyl sites for hydroxylation is 1. The highest BCUT2D eigenvalue weighted by Gasteiger charge is 2.31. The Morgan fingerprint density at radius 2 is 1.90 bits per heavy atom. The number of rotatable bonds is 4. The molecule has 13 heteroatoms. The van der Waals surface area contributed by atoms with Crippen LogP contribution < -0.4 is 4.72 Å². The molecule has 4 aromatic rings. The van der Waals surface area contributed by atoms with Crippen molar-refractivity contribution in [3.8, 4) is 5.82 Å². The van der Waals surface area contributed by atoms with E-state index in [2.05, 4.69) is 19.9 Å². The van der Waals surface area contributed by atoms with E-state index in [0.29, 0.717) is 5.39 Å². The van der Waals surface area contributed by atoms with Gasteiger partial charge in [0.1, 0.15) is 21.9 Å². The minimum atomic E-state index is -4.60. The van der Waals surface area contributed by atoms with E-state index in [9.17, 15) is 26.0 Å². The topological polar surface area (TPSA) is 94.7 Å². The number of fused-ring (bicyclic) bond motifs is 1. The van der Waals surface area contributed by atoms with Crippen LogP contribution in [0.3, 0.4) is 0 Å². The van der Waals surface area contributed by atoms with Crippen molar-refractivity contribution in [1.82, 2.24) is 24.5 Å². The van der Waals surface area contributed by atoms with Crippen LogP contribution in [-0.2, 0) is 23.2 Å². The van der Waals surface area contributed by atoms with Crippen LogP contribution in [0.1, 0.15) is 5.56 Å². The van der Waals surface area contributed by atoms with E-state index in [-0.39, 0.29) is 17.0 Å². The lowest BCUT2D eigenvalue weighted by molar-refractivity contribution is -0.137. The SMILES string of the molecule is Cn1cc2ccc(F)c(NS(=O)(=O)c3cnn(-c4cc(C(F)(F)F)ccn4)c3)c2n1. The normalized spacial score (nSPS) is 12.4. The maximum Gasteiger partial charge on any atom is 0.416 e. The average Bonchev–Trinajstić information content (AvgIpc) is 3.31. The van der Waals surface area contributed by atoms with E-state index in [1.54, 1.807) is 13.2 Å².